The highest BCUT2D eigenvalue weighted by atomic mass is 31.2. The standard InChI is InChI=1S/C31H32NO2P/c32-31(33)26-15-14-16-27(25-26)34-23-12-1-2-13-24-35(28-17-6-3-7-18-28,29-19-8-4-9-20-29)30-21-10-5-11-22-30/h3-11,14-22,25H,1-2,12-13,23-24H2,(H-,32,33)/p+1. The van der Waals surface area contributed by atoms with E-state index >= 15 is 0 Å². The summed E-state index contributed by atoms with van der Waals surface area (Å²) < 4.78 is 5.85. The smallest absolute Gasteiger partial charge is 0.248 e. The number of primary amides is 1. The van der Waals surface area contributed by atoms with Gasteiger partial charge in [-0.25, -0.2) is 0 Å². The second kappa shape index (κ2) is 12.3. The first-order chi connectivity index (χ1) is 17.2. The van der Waals surface area contributed by atoms with Gasteiger partial charge >= 0.3 is 0 Å². The van der Waals surface area contributed by atoms with Crippen molar-refractivity contribution >= 4 is 29.1 Å². The minimum atomic E-state index is -1.75. The van der Waals surface area contributed by atoms with Gasteiger partial charge in [0.15, 0.2) is 0 Å². The van der Waals surface area contributed by atoms with Crippen molar-refractivity contribution < 1.29 is 9.53 Å². The van der Waals surface area contributed by atoms with Gasteiger partial charge < -0.3 is 10.5 Å². The molecule has 0 aromatic heterocycles. The molecule has 0 heterocycles. The Morgan fingerprint density at radius 1 is 0.629 bits per heavy atom. The number of hydrogen-bond acceptors (Lipinski definition) is 2. The highest BCUT2D eigenvalue weighted by molar-refractivity contribution is 7.95. The van der Waals surface area contributed by atoms with Gasteiger partial charge in [-0.05, 0) is 80.3 Å². The third-order valence-corrected chi connectivity index (χ3v) is 10.9. The van der Waals surface area contributed by atoms with Crippen LogP contribution in [-0.2, 0) is 0 Å². The molecule has 0 fully saturated rings. The molecule has 0 aliphatic rings. The van der Waals surface area contributed by atoms with Gasteiger partial charge in [-0.15, -0.1) is 0 Å². The number of rotatable bonds is 12. The number of nitrogens with two attached hydrogens (primary N) is 1. The molecule has 1 amide bonds. The predicted molar refractivity (Wildman–Crippen MR) is 149 cm³/mol. The van der Waals surface area contributed by atoms with E-state index in [0.29, 0.717) is 17.9 Å². The molecule has 0 radical (unpaired) electrons. The molecule has 0 spiro atoms. The van der Waals surface area contributed by atoms with E-state index in [1.165, 1.54) is 15.9 Å². The fourth-order valence-electron chi connectivity index (χ4n) is 4.62. The van der Waals surface area contributed by atoms with Crippen molar-refractivity contribution in [2.75, 3.05) is 12.8 Å². The molecule has 3 nitrogen and oxygen atoms in total. The average molecular weight is 483 g/mol. The average Bonchev–Trinajstić information content (AvgIpc) is 2.92. The number of carbonyl (C=O) groups excluding carboxylic acids is 1. The lowest BCUT2D eigenvalue weighted by Gasteiger charge is -2.27. The van der Waals surface area contributed by atoms with Gasteiger partial charge in [0.25, 0.3) is 0 Å². The first kappa shape index (κ1) is 24.7. The van der Waals surface area contributed by atoms with E-state index in [1.807, 2.05) is 6.07 Å². The lowest BCUT2D eigenvalue weighted by Crippen LogP contribution is -2.33. The van der Waals surface area contributed by atoms with Crippen LogP contribution in [0.3, 0.4) is 0 Å². The maximum Gasteiger partial charge on any atom is 0.248 e. The topological polar surface area (TPSA) is 52.3 Å². The highest BCUT2D eigenvalue weighted by Gasteiger charge is 2.44. The molecule has 0 bridgehead atoms. The zero-order valence-corrected chi connectivity index (χ0v) is 20.9. The Kier molecular flexibility index (Phi) is 8.70. The Labute approximate surface area is 209 Å². The predicted octanol–water partition coefficient (Wildman–Crippen LogP) is 5.72. The summed E-state index contributed by atoms with van der Waals surface area (Å²) in [5.74, 6) is 0.265. The molecular weight excluding hydrogens is 449 g/mol. The largest absolute Gasteiger partial charge is 0.494 e. The summed E-state index contributed by atoms with van der Waals surface area (Å²) in [5.41, 5.74) is 5.84. The normalized spacial score (nSPS) is 11.2. The minimum absolute atomic E-state index is 0.433. The molecule has 4 heteroatoms. The third-order valence-electron chi connectivity index (χ3n) is 6.37. The molecule has 0 aliphatic heterocycles. The van der Waals surface area contributed by atoms with Gasteiger partial charge in [0, 0.05) is 5.56 Å². The molecule has 0 aliphatic carbocycles. The second-order valence-corrected chi connectivity index (χ2v) is 12.3. The van der Waals surface area contributed by atoms with E-state index in [0.717, 1.165) is 31.8 Å². The van der Waals surface area contributed by atoms with Crippen LogP contribution in [0.1, 0.15) is 36.0 Å². The lowest BCUT2D eigenvalue weighted by molar-refractivity contribution is 0.1000. The Balaban J connectivity index is 1.42. The van der Waals surface area contributed by atoms with Crippen LogP contribution in [0.4, 0.5) is 0 Å². The van der Waals surface area contributed by atoms with Crippen LogP contribution >= 0.6 is 7.26 Å². The quantitative estimate of drug-likeness (QED) is 0.207. The van der Waals surface area contributed by atoms with E-state index < -0.39 is 13.2 Å². The molecule has 0 unspecified atom stereocenters. The first-order valence-corrected chi connectivity index (χ1v) is 14.3. The lowest BCUT2D eigenvalue weighted by atomic mass is 10.2. The number of benzene rings is 4. The van der Waals surface area contributed by atoms with Gasteiger partial charge in [-0.1, -0.05) is 60.7 Å². The van der Waals surface area contributed by atoms with Crippen molar-refractivity contribution in [3.8, 4) is 5.75 Å². The zero-order chi connectivity index (χ0) is 24.3. The summed E-state index contributed by atoms with van der Waals surface area (Å²) in [6.45, 7) is 0.637. The minimum Gasteiger partial charge on any atom is -0.494 e. The Bertz CT molecular complexity index is 1100. The second-order valence-electron chi connectivity index (χ2n) is 8.69. The first-order valence-electron chi connectivity index (χ1n) is 12.3. The Hall–Kier alpha value is -3.42. The summed E-state index contributed by atoms with van der Waals surface area (Å²) in [5, 5.41) is 4.32. The van der Waals surface area contributed by atoms with Gasteiger partial charge in [-0.3, -0.25) is 4.79 Å². The van der Waals surface area contributed by atoms with Crippen LogP contribution < -0.4 is 26.4 Å². The molecule has 4 aromatic carbocycles. The summed E-state index contributed by atoms with van der Waals surface area (Å²) in [6.07, 6.45) is 5.54. The van der Waals surface area contributed by atoms with Gasteiger partial charge in [0.05, 0.1) is 12.8 Å². The third kappa shape index (κ3) is 6.18. The molecule has 4 rings (SSSR count). The molecule has 0 saturated carbocycles. The van der Waals surface area contributed by atoms with Crippen molar-refractivity contribution in [2.24, 2.45) is 5.73 Å². The van der Waals surface area contributed by atoms with E-state index in [9.17, 15) is 4.79 Å². The van der Waals surface area contributed by atoms with E-state index in [-0.39, 0.29) is 0 Å². The maximum atomic E-state index is 11.4. The number of ether oxygens (including phenoxy) is 1. The van der Waals surface area contributed by atoms with Gasteiger partial charge in [0.1, 0.15) is 28.9 Å². The summed E-state index contributed by atoms with van der Waals surface area (Å²) >= 11 is 0. The molecule has 178 valence electrons. The van der Waals surface area contributed by atoms with Gasteiger partial charge in [0.2, 0.25) is 5.91 Å². The van der Waals surface area contributed by atoms with Crippen LogP contribution in [0.25, 0.3) is 0 Å². The zero-order valence-electron chi connectivity index (χ0n) is 20.1. The molecule has 4 aromatic rings. The molecular formula is C31H33NO2P+. The van der Waals surface area contributed by atoms with Crippen molar-refractivity contribution in [1.29, 1.82) is 0 Å². The maximum absolute atomic E-state index is 11.4. The van der Waals surface area contributed by atoms with Crippen LogP contribution in [0, 0.1) is 0 Å². The number of carbonyl (C=O) groups is 1. The van der Waals surface area contributed by atoms with Crippen molar-refractivity contribution in [3.05, 3.63) is 121 Å². The Morgan fingerprint density at radius 3 is 1.66 bits per heavy atom. The van der Waals surface area contributed by atoms with E-state index in [2.05, 4.69) is 91.0 Å². The van der Waals surface area contributed by atoms with Crippen molar-refractivity contribution in [3.63, 3.8) is 0 Å². The van der Waals surface area contributed by atoms with Crippen molar-refractivity contribution in [2.45, 2.75) is 25.7 Å². The molecule has 35 heavy (non-hydrogen) atoms. The fraction of sp³-hybridized carbons (Fsp3) is 0.194. The van der Waals surface area contributed by atoms with Crippen LogP contribution in [-0.4, -0.2) is 18.7 Å². The number of amides is 1. The van der Waals surface area contributed by atoms with Crippen LogP contribution in [0.2, 0.25) is 0 Å². The number of unbranched alkanes of at least 4 members (excludes halogenated alkanes) is 3. The fourth-order valence-corrected chi connectivity index (χ4v) is 9.03. The van der Waals surface area contributed by atoms with Crippen LogP contribution in [0.15, 0.2) is 115 Å². The van der Waals surface area contributed by atoms with Crippen molar-refractivity contribution in [1.82, 2.24) is 0 Å². The van der Waals surface area contributed by atoms with E-state index in [4.69, 9.17) is 10.5 Å². The number of hydrogen-bond donors (Lipinski definition) is 1. The summed E-state index contributed by atoms with van der Waals surface area (Å²) in [7, 11) is -1.75. The molecule has 0 saturated heterocycles. The Morgan fingerprint density at radius 2 is 1.14 bits per heavy atom. The highest BCUT2D eigenvalue weighted by Crippen LogP contribution is 2.55. The van der Waals surface area contributed by atoms with E-state index in [1.54, 1.807) is 18.2 Å². The summed E-state index contributed by atoms with van der Waals surface area (Å²) in [4.78, 5) is 11.4. The van der Waals surface area contributed by atoms with Gasteiger partial charge in [-0.2, -0.15) is 0 Å². The molecule has 2 N–H and O–H groups in total. The SMILES string of the molecule is NC(=O)c1cccc(OCCCCCC[P+](c2ccccc2)(c2ccccc2)c2ccccc2)c1. The van der Waals surface area contributed by atoms with Crippen LogP contribution in [0.5, 0.6) is 5.75 Å². The monoisotopic (exact) mass is 482 g/mol. The molecule has 0 atom stereocenters. The summed E-state index contributed by atoms with van der Waals surface area (Å²) in [6, 6.07) is 40.2.